The van der Waals surface area contributed by atoms with E-state index in [4.69, 9.17) is 4.74 Å². The van der Waals surface area contributed by atoms with Crippen LogP contribution in [0.3, 0.4) is 0 Å². The van der Waals surface area contributed by atoms with Crippen molar-refractivity contribution in [1.82, 2.24) is 0 Å². The maximum atomic E-state index is 10.2. The Morgan fingerprint density at radius 3 is 2.12 bits per heavy atom. The van der Waals surface area contributed by atoms with Crippen molar-refractivity contribution < 1.29 is 66.0 Å². The summed E-state index contributed by atoms with van der Waals surface area (Å²) in [6, 6.07) is 8.90. The molecule has 0 heterocycles. The topological polar surface area (TPSA) is 95.5 Å². The van der Waals surface area contributed by atoms with Gasteiger partial charge >= 0.3 is 51.4 Å². The van der Waals surface area contributed by atoms with Crippen LogP contribution < -0.4 is 51.4 Å². The van der Waals surface area contributed by atoms with Crippen LogP contribution in [0, 0.1) is 26.4 Å². The molecule has 0 spiro atoms. The van der Waals surface area contributed by atoms with Crippen LogP contribution in [0.2, 0.25) is 0 Å². The number of hydrogen-bond donors (Lipinski definition) is 0. The molecule has 0 radical (unpaired) electrons. The molecule has 1 aromatic carbocycles. The Labute approximate surface area is 140 Å². The van der Waals surface area contributed by atoms with E-state index in [1.165, 1.54) is 0 Å². The van der Waals surface area contributed by atoms with E-state index >= 15 is 0 Å². The van der Waals surface area contributed by atoms with Crippen LogP contribution in [0.15, 0.2) is 30.3 Å². The van der Waals surface area contributed by atoms with Crippen molar-refractivity contribution in [2.75, 3.05) is 6.61 Å². The first-order valence-corrected chi connectivity index (χ1v) is 4.37. The van der Waals surface area contributed by atoms with Crippen molar-refractivity contribution in [2.45, 2.75) is 6.61 Å². The van der Waals surface area contributed by atoms with Gasteiger partial charge in [0.2, 0.25) is 0 Å². The van der Waals surface area contributed by atoms with Gasteiger partial charge in [0.15, 0.2) is 0 Å². The molecule has 17 heavy (non-hydrogen) atoms. The van der Waals surface area contributed by atoms with Crippen LogP contribution in [0.5, 0.6) is 0 Å². The molecule has 0 saturated heterocycles. The van der Waals surface area contributed by atoms with Gasteiger partial charge in [0.25, 0.3) is 6.17 Å². The summed E-state index contributed by atoms with van der Waals surface area (Å²) in [4.78, 5) is 18.4. The molecule has 86 valence electrons. The summed E-state index contributed by atoms with van der Waals surface area (Å²) >= 11 is 0. The third-order valence-electron chi connectivity index (χ3n) is 1.76. The molecule has 0 aliphatic heterocycles. The van der Waals surface area contributed by atoms with Crippen LogP contribution in [0.4, 0.5) is 0 Å². The Balaban J connectivity index is 0.00000256. The maximum absolute atomic E-state index is 10.2. The fourth-order valence-electron chi connectivity index (χ4n) is 1.01. The van der Waals surface area contributed by atoms with Gasteiger partial charge in [-0.15, -0.1) is 0 Å². The van der Waals surface area contributed by atoms with Crippen LogP contribution in [-0.4, -0.2) is 16.5 Å². The summed E-state index contributed by atoms with van der Waals surface area (Å²) in [6.45, 7) is -0.513. The Morgan fingerprint density at radius 1 is 1.12 bits per heavy atom. The fraction of sp³-hybridized carbons (Fsp3) is 0.222. The molecule has 7 nitrogen and oxygen atoms in total. The van der Waals surface area contributed by atoms with E-state index in [-0.39, 0.29) is 58.0 Å². The number of nitrogens with zero attached hydrogens (tertiary/aromatic N) is 2. The largest absolute Gasteiger partial charge is 1.00 e. The van der Waals surface area contributed by atoms with Gasteiger partial charge in [0.05, 0.1) is 13.2 Å². The molecular formula is C9H9KN2O5. The van der Waals surface area contributed by atoms with Crippen LogP contribution in [0.1, 0.15) is 5.56 Å². The Morgan fingerprint density at radius 2 is 1.65 bits per heavy atom. The van der Waals surface area contributed by atoms with E-state index in [0.717, 1.165) is 5.56 Å². The molecule has 0 fully saturated rings. The minimum absolute atomic E-state index is 0. The van der Waals surface area contributed by atoms with Crippen molar-refractivity contribution >= 4 is 0 Å². The van der Waals surface area contributed by atoms with Gasteiger partial charge < -0.3 is 4.74 Å². The third kappa shape index (κ3) is 6.10. The first-order valence-electron chi connectivity index (χ1n) is 4.37. The predicted molar refractivity (Wildman–Crippen MR) is 53.3 cm³/mol. The predicted octanol–water partition coefficient (Wildman–Crippen LogP) is -1.75. The normalized spacial score (nSPS) is 9.18. The summed E-state index contributed by atoms with van der Waals surface area (Å²) in [7, 11) is 0. The average Bonchev–Trinajstić information content (AvgIpc) is 2.24. The monoisotopic (exact) mass is 264 g/mol. The molecule has 1 rings (SSSR count). The number of hydrogen-bond acceptors (Lipinski definition) is 5. The Bertz CT molecular complexity index is 359. The molecule has 8 heteroatoms. The van der Waals surface area contributed by atoms with E-state index in [0.29, 0.717) is 0 Å². The van der Waals surface area contributed by atoms with Crippen molar-refractivity contribution in [3.8, 4) is 0 Å². The smallest absolute Gasteiger partial charge is 0.393 e. The Hall–Kier alpha value is -0.514. The first kappa shape index (κ1) is 16.5. The van der Waals surface area contributed by atoms with Crippen molar-refractivity contribution in [1.29, 1.82) is 0 Å². The Kier molecular flexibility index (Phi) is 8.30. The van der Waals surface area contributed by atoms with E-state index in [1.807, 2.05) is 6.07 Å². The molecule has 0 unspecified atom stereocenters. The van der Waals surface area contributed by atoms with Crippen molar-refractivity contribution in [3.63, 3.8) is 0 Å². The molecule has 0 amide bonds. The molecule has 0 N–H and O–H groups in total. The van der Waals surface area contributed by atoms with Crippen LogP contribution in [0.25, 0.3) is 0 Å². The zero-order chi connectivity index (χ0) is 12.0. The molecule has 0 aliphatic carbocycles. The molecule has 0 saturated carbocycles. The number of nitro groups is 2. The summed E-state index contributed by atoms with van der Waals surface area (Å²) in [5, 5.41) is 20.5. The summed E-state index contributed by atoms with van der Waals surface area (Å²) in [5.74, 6) is 0. The van der Waals surface area contributed by atoms with Crippen LogP contribution >= 0.6 is 0 Å². The van der Waals surface area contributed by atoms with Crippen molar-refractivity contribution in [2.24, 2.45) is 0 Å². The molecule has 0 atom stereocenters. The van der Waals surface area contributed by atoms with Gasteiger partial charge in [0.1, 0.15) is 0 Å². The van der Waals surface area contributed by atoms with Gasteiger partial charge in [0, 0.05) is 0 Å². The molecular weight excluding hydrogens is 255 g/mol. The summed E-state index contributed by atoms with van der Waals surface area (Å²) in [6.07, 6.45) is -1.06. The number of rotatable bonds is 6. The maximum Gasteiger partial charge on any atom is 1.00 e. The number of ether oxygens (including phenoxy) is 1. The zero-order valence-corrected chi connectivity index (χ0v) is 12.4. The second-order valence-electron chi connectivity index (χ2n) is 2.91. The molecule has 0 aliphatic rings. The quantitative estimate of drug-likeness (QED) is 0.263. The van der Waals surface area contributed by atoms with Gasteiger partial charge in [-0.1, -0.05) is 30.3 Å². The minimum atomic E-state index is -1.06. The number of benzene rings is 1. The summed E-state index contributed by atoms with van der Waals surface area (Å²) in [5.41, 5.74) is 0.800. The van der Waals surface area contributed by atoms with E-state index in [9.17, 15) is 20.2 Å². The standard InChI is InChI=1S/C9H9N2O5.K/c12-10(13)9(11(14)15)7-16-6-8-4-2-1-3-5-8;/h1-5H,6-7H2;/q-1;+1. The average molecular weight is 264 g/mol. The van der Waals surface area contributed by atoms with Gasteiger partial charge in [-0.05, 0) is 15.4 Å². The van der Waals surface area contributed by atoms with E-state index in [2.05, 4.69) is 0 Å². The second kappa shape index (κ2) is 8.56. The van der Waals surface area contributed by atoms with E-state index in [1.54, 1.807) is 24.3 Å². The van der Waals surface area contributed by atoms with Gasteiger partial charge in [-0.25, -0.2) is 0 Å². The third-order valence-corrected chi connectivity index (χ3v) is 1.76. The molecule has 0 bridgehead atoms. The minimum Gasteiger partial charge on any atom is -0.393 e. The fourth-order valence-corrected chi connectivity index (χ4v) is 1.01. The van der Waals surface area contributed by atoms with Crippen molar-refractivity contribution in [3.05, 3.63) is 62.3 Å². The SMILES string of the molecule is O=[N+]([O-])[C-](COCc1ccccc1)[N+](=O)[O-].[K+]. The first-order chi connectivity index (χ1) is 7.61. The van der Waals surface area contributed by atoms with Gasteiger partial charge in [-0.2, -0.15) is 0 Å². The van der Waals surface area contributed by atoms with E-state index < -0.39 is 22.6 Å². The van der Waals surface area contributed by atoms with Gasteiger partial charge in [-0.3, -0.25) is 20.2 Å². The molecule has 1 aromatic rings. The zero-order valence-electron chi connectivity index (χ0n) is 9.24. The van der Waals surface area contributed by atoms with Crippen LogP contribution in [-0.2, 0) is 11.3 Å². The second-order valence-corrected chi connectivity index (χ2v) is 2.91. The molecule has 0 aromatic heterocycles. The summed E-state index contributed by atoms with van der Waals surface area (Å²) < 4.78 is 4.88.